The van der Waals surface area contributed by atoms with Crippen LogP contribution in [0.3, 0.4) is 0 Å². The molecule has 0 bridgehead atoms. The summed E-state index contributed by atoms with van der Waals surface area (Å²) in [5.41, 5.74) is 3.50. The first-order valence-electron chi connectivity index (χ1n) is 5.64. The normalized spacial score (nSPS) is 10.5. The molecule has 0 aliphatic rings. The van der Waals surface area contributed by atoms with Crippen LogP contribution < -0.4 is 0 Å². The number of aryl methyl sites for hydroxylation is 2. The molecule has 1 aromatic heterocycles. The van der Waals surface area contributed by atoms with Gasteiger partial charge in [0.2, 0.25) is 0 Å². The Balaban J connectivity index is 2.82. The minimum absolute atomic E-state index is 0.303. The Kier molecular flexibility index (Phi) is 3.09. The van der Waals surface area contributed by atoms with Gasteiger partial charge < -0.3 is 4.74 Å². The highest BCUT2D eigenvalue weighted by atomic mass is 16.5. The summed E-state index contributed by atoms with van der Waals surface area (Å²) < 4.78 is 4.83. The number of carbonyl (C=O) groups is 1. The monoisotopic (exact) mass is 229 g/mol. The molecule has 0 aliphatic heterocycles. The summed E-state index contributed by atoms with van der Waals surface area (Å²) in [6.45, 7) is 3.95. The molecule has 0 saturated heterocycles. The van der Waals surface area contributed by atoms with Crippen molar-refractivity contribution in [1.29, 1.82) is 0 Å². The largest absolute Gasteiger partial charge is 0.465 e. The highest BCUT2D eigenvalue weighted by molar-refractivity contribution is 6.05. The van der Waals surface area contributed by atoms with E-state index in [4.69, 9.17) is 4.74 Å². The molecule has 17 heavy (non-hydrogen) atoms. The molecule has 0 saturated carbocycles. The maximum Gasteiger partial charge on any atom is 0.338 e. The molecule has 0 unspecified atom stereocenters. The van der Waals surface area contributed by atoms with E-state index in [2.05, 4.69) is 11.9 Å². The topological polar surface area (TPSA) is 39.2 Å². The second-order valence-corrected chi connectivity index (χ2v) is 3.97. The van der Waals surface area contributed by atoms with Gasteiger partial charge in [-0.3, -0.25) is 4.98 Å². The number of aromatic nitrogens is 1. The number of carbonyl (C=O) groups excluding carboxylic acids is 1. The van der Waals surface area contributed by atoms with Crippen LogP contribution in [0.2, 0.25) is 0 Å². The average Bonchev–Trinajstić information content (AvgIpc) is 2.36. The number of nitrogens with zero attached hydrogens (tertiary/aromatic N) is 1. The Morgan fingerprint density at radius 1 is 1.41 bits per heavy atom. The summed E-state index contributed by atoms with van der Waals surface area (Å²) >= 11 is 0. The molecule has 0 atom stereocenters. The van der Waals surface area contributed by atoms with Crippen LogP contribution >= 0.6 is 0 Å². The van der Waals surface area contributed by atoms with Crippen LogP contribution in [0.15, 0.2) is 24.4 Å². The maximum absolute atomic E-state index is 11.8. The molecule has 1 aromatic carbocycles. The van der Waals surface area contributed by atoms with E-state index in [0.29, 0.717) is 5.56 Å². The van der Waals surface area contributed by atoms with Gasteiger partial charge in [0.1, 0.15) is 0 Å². The fourth-order valence-electron chi connectivity index (χ4n) is 2.04. The fraction of sp³-hybridized carbons (Fsp3) is 0.286. The first-order chi connectivity index (χ1) is 8.19. The Morgan fingerprint density at radius 3 is 2.82 bits per heavy atom. The van der Waals surface area contributed by atoms with E-state index in [1.807, 2.05) is 25.1 Å². The summed E-state index contributed by atoms with van der Waals surface area (Å²) in [5, 5.41) is 0.871. The lowest BCUT2D eigenvalue weighted by Crippen LogP contribution is -2.06. The molecular weight excluding hydrogens is 214 g/mol. The highest BCUT2D eigenvalue weighted by Gasteiger charge is 2.15. The molecule has 0 amide bonds. The van der Waals surface area contributed by atoms with Crippen LogP contribution in [-0.2, 0) is 11.2 Å². The molecular formula is C14H15NO2. The molecule has 88 valence electrons. The van der Waals surface area contributed by atoms with E-state index in [-0.39, 0.29) is 5.97 Å². The minimum Gasteiger partial charge on any atom is -0.465 e. The van der Waals surface area contributed by atoms with Crippen LogP contribution in [0.4, 0.5) is 0 Å². The SMILES string of the molecule is CCc1cccc2c(C(=O)OC)c(C)cnc12. The van der Waals surface area contributed by atoms with Gasteiger partial charge in [-0.2, -0.15) is 0 Å². The third kappa shape index (κ3) is 1.88. The van der Waals surface area contributed by atoms with Gasteiger partial charge in [0, 0.05) is 11.6 Å². The van der Waals surface area contributed by atoms with Gasteiger partial charge in [0.05, 0.1) is 18.2 Å². The summed E-state index contributed by atoms with van der Waals surface area (Å²) in [6, 6.07) is 5.90. The predicted octanol–water partition coefficient (Wildman–Crippen LogP) is 2.89. The van der Waals surface area contributed by atoms with Crippen molar-refractivity contribution in [3.8, 4) is 0 Å². The van der Waals surface area contributed by atoms with Crippen LogP contribution in [0.1, 0.15) is 28.4 Å². The van der Waals surface area contributed by atoms with Crippen LogP contribution in [-0.4, -0.2) is 18.1 Å². The average molecular weight is 229 g/mol. The van der Waals surface area contributed by atoms with Crippen molar-refractivity contribution in [2.24, 2.45) is 0 Å². The third-order valence-corrected chi connectivity index (χ3v) is 2.94. The number of fused-ring (bicyclic) bond motifs is 1. The Hall–Kier alpha value is -1.90. The molecule has 1 heterocycles. The number of benzene rings is 1. The van der Waals surface area contributed by atoms with Crippen LogP contribution in [0.25, 0.3) is 10.9 Å². The molecule has 2 rings (SSSR count). The minimum atomic E-state index is -0.303. The van der Waals surface area contributed by atoms with Gasteiger partial charge in [-0.15, -0.1) is 0 Å². The quantitative estimate of drug-likeness (QED) is 0.743. The lowest BCUT2D eigenvalue weighted by atomic mass is 10.0. The van der Waals surface area contributed by atoms with Crippen molar-refractivity contribution in [2.75, 3.05) is 7.11 Å². The van der Waals surface area contributed by atoms with Gasteiger partial charge in [-0.1, -0.05) is 25.1 Å². The number of ether oxygens (including phenoxy) is 1. The first-order valence-corrected chi connectivity index (χ1v) is 5.64. The predicted molar refractivity (Wildman–Crippen MR) is 67.2 cm³/mol. The van der Waals surface area contributed by atoms with Crippen molar-refractivity contribution in [1.82, 2.24) is 4.98 Å². The van der Waals surface area contributed by atoms with Gasteiger partial charge in [0.25, 0.3) is 0 Å². The van der Waals surface area contributed by atoms with Crippen LogP contribution in [0, 0.1) is 6.92 Å². The first kappa shape index (κ1) is 11.6. The molecule has 3 heteroatoms. The number of para-hydroxylation sites is 1. The van der Waals surface area contributed by atoms with Crippen molar-refractivity contribution < 1.29 is 9.53 Å². The van der Waals surface area contributed by atoms with Crippen molar-refractivity contribution in [2.45, 2.75) is 20.3 Å². The molecule has 0 N–H and O–H groups in total. The molecule has 3 nitrogen and oxygen atoms in total. The fourth-order valence-corrected chi connectivity index (χ4v) is 2.04. The van der Waals surface area contributed by atoms with E-state index in [1.165, 1.54) is 7.11 Å². The zero-order valence-electron chi connectivity index (χ0n) is 10.3. The smallest absolute Gasteiger partial charge is 0.338 e. The standard InChI is InChI=1S/C14H15NO2/c1-4-10-6-5-7-11-12(14(16)17-3)9(2)8-15-13(10)11/h5-8H,4H2,1-3H3. The summed E-state index contributed by atoms with van der Waals surface area (Å²) in [5.74, 6) is -0.303. The maximum atomic E-state index is 11.8. The third-order valence-electron chi connectivity index (χ3n) is 2.94. The number of hydrogen-bond acceptors (Lipinski definition) is 3. The summed E-state index contributed by atoms with van der Waals surface area (Å²) in [7, 11) is 1.40. The zero-order valence-corrected chi connectivity index (χ0v) is 10.3. The summed E-state index contributed by atoms with van der Waals surface area (Å²) in [4.78, 5) is 16.2. The van der Waals surface area contributed by atoms with Crippen molar-refractivity contribution >= 4 is 16.9 Å². The second kappa shape index (κ2) is 4.53. The lowest BCUT2D eigenvalue weighted by Gasteiger charge is -2.09. The van der Waals surface area contributed by atoms with Gasteiger partial charge in [-0.05, 0) is 24.5 Å². The number of esters is 1. The van der Waals surface area contributed by atoms with E-state index >= 15 is 0 Å². The van der Waals surface area contributed by atoms with Gasteiger partial charge in [0.15, 0.2) is 0 Å². The van der Waals surface area contributed by atoms with Crippen LogP contribution in [0.5, 0.6) is 0 Å². The Morgan fingerprint density at radius 2 is 2.18 bits per heavy atom. The number of methoxy groups -OCH3 is 1. The molecule has 0 fully saturated rings. The zero-order chi connectivity index (χ0) is 12.4. The lowest BCUT2D eigenvalue weighted by molar-refractivity contribution is 0.0602. The molecule has 2 aromatic rings. The van der Waals surface area contributed by atoms with Gasteiger partial charge >= 0.3 is 5.97 Å². The van der Waals surface area contributed by atoms with E-state index < -0.39 is 0 Å². The Labute approximate surface area is 100 Å². The van der Waals surface area contributed by atoms with E-state index in [9.17, 15) is 4.79 Å². The molecule has 0 aliphatic carbocycles. The van der Waals surface area contributed by atoms with Gasteiger partial charge in [-0.25, -0.2) is 4.79 Å². The molecule has 0 radical (unpaired) electrons. The summed E-state index contributed by atoms with van der Waals surface area (Å²) in [6.07, 6.45) is 2.63. The van der Waals surface area contributed by atoms with E-state index in [0.717, 1.165) is 28.5 Å². The second-order valence-electron chi connectivity index (χ2n) is 3.97. The molecule has 0 spiro atoms. The number of pyridine rings is 1. The van der Waals surface area contributed by atoms with Crippen molar-refractivity contribution in [3.05, 3.63) is 41.1 Å². The Bertz CT molecular complexity index is 576. The highest BCUT2D eigenvalue weighted by Crippen LogP contribution is 2.23. The number of rotatable bonds is 2. The van der Waals surface area contributed by atoms with Crippen molar-refractivity contribution in [3.63, 3.8) is 0 Å². The van der Waals surface area contributed by atoms with E-state index in [1.54, 1.807) is 6.20 Å². The number of hydrogen-bond donors (Lipinski definition) is 0.